The van der Waals surface area contributed by atoms with Crippen LogP contribution in [0.15, 0.2) is 77.7 Å². The first-order valence-corrected chi connectivity index (χ1v) is 24.2. The van der Waals surface area contributed by atoms with Gasteiger partial charge in [-0.1, -0.05) is 112 Å². The fourth-order valence-corrected chi connectivity index (χ4v) is 9.80. The number of fused-ring (bicyclic) bond motifs is 5. The van der Waals surface area contributed by atoms with E-state index in [1.54, 1.807) is 0 Å². The highest BCUT2D eigenvalue weighted by Gasteiger charge is 2.29. The molecule has 0 radical (unpaired) electrons. The topological polar surface area (TPSA) is 168 Å². The van der Waals surface area contributed by atoms with Crippen LogP contribution in [0.5, 0.6) is 0 Å². The Hall–Kier alpha value is -4.83. The first kappa shape index (κ1) is 50.2. The summed E-state index contributed by atoms with van der Waals surface area (Å²) in [5.41, 5.74) is 10.5. The molecular weight excluding hydrogens is 801 g/mol. The number of aliphatic imine (C=N–C) groups is 3. The van der Waals surface area contributed by atoms with E-state index in [9.17, 15) is 30.0 Å². The molecule has 4 aliphatic heterocycles. The number of carboxylic acids is 2. The van der Waals surface area contributed by atoms with Crippen molar-refractivity contribution < 1.29 is 30.0 Å². The number of aliphatic hydroxyl groups is 2. The number of nitrogens with one attached hydrogen (secondary N) is 1. The summed E-state index contributed by atoms with van der Waals surface area (Å²) in [5, 5.41) is 43.0. The zero-order valence-electron chi connectivity index (χ0n) is 40.2. The van der Waals surface area contributed by atoms with Crippen molar-refractivity contribution >= 4 is 47.5 Å². The fraction of sp³-hybridized carbons (Fsp3) is 0.574. The van der Waals surface area contributed by atoms with Gasteiger partial charge in [0.1, 0.15) is 0 Å². The Morgan fingerprint density at radius 3 is 1.62 bits per heavy atom. The second-order valence-electron chi connectivity index (χ2n) is 19.5. The number of H-pyrrole nitrogens is 1. The minimum Gasteiger partial charge on any atom is -0.515 e. The van der Waals surface area contributed by atoms with Gasteiger partial charge in [-0.3, -0.25) is 9.59 Å². The van der Waals surface area contributed by atoms with Crippen LogP contribution < -0.4 is 10.6 Å². The summed E-state index contributed by atoms with van der Waals surface area (Å²) in [4.78, 5) is 42.3. The van der Waals surface area contributed by atoms with Gasteiger partial charge >= 0.3 is 11.9 Å². The van der Waals surface area contributed by atoms with Crippen molar-refractivity contribution in [1.82, 2.24) is 4.98 Å². The molecule has 5 N–H and O–H groups in total. The molecule has 10 heteroatoms. The van der Waals surface area contributed by atoms with Crippen molar-refractivity contribution in [3.05, 3.63) is 84.5 Å². The van der Waals surface area contributed by atoms with Gasteiger partial charge in [0.15, 0.2) is 0 Å². The maximum atomic E-state index is 12.0. The fourth-order valence-electron chi connectivity index (χ4n) is 9.80. The van der Waals surface area contributed by atoms with Gasteiger partial charge in [0.05, 0.1) is 51.9 Å². The third-order valence-electron chi connectivity index (χ3n) is 13.8. The molecule has 8 bridgehead atoms. The average molecular weight is 877 g/mol. The second kappa shape index (κ2) is 23.4. The van der Waals surface area contributed by atoms with Gasteiger partial charge in [0, 0.05) is 29.3 Å². The van der Waals surface area contributed by atoms with Crippen molar-refractivity contribution in [1.29, 1.82) is 0 Å². The summed E-state index contributed by atoms with van der Waals surface area (Å²) in [5.74, 6) is 1.06. The van der Waals surface area contributed by atoms with Gasteiger partial charge in [0.2, 0.25) is 0 Å². The third-order valence-corrected chi connectivity index (χ3v) is 13.8. The quantitative estimate of drug-likeness (QED) is 0.0693. The molecule has 5 heterocycles. The van der Waals surface area contributed by atoms with Crippen LogP contribution in [0.1, 0.15) is 176 Å². The van der Waals surface area contributed by atoms with E-state index in [0.29, 0.717) is 57.0 Å². The molecular formula is C54H76N4O6. The molecule has 0 fully saturated rings. The van der Waals surface area contributed by atoms with Crippen LogP contribution >= 0.6 is 0 Å². The van der Waals surface area contributed by atoms with Gasteiger partial charge < -0.3 is 25.4 Å². The Morgan fingerprint density at radius 1 is 0.625 bits per heavy atom. The van der Waals surface area contributed by atoms with Gasteiger partial charge in [0.25, 0.3) is 0 Å². The van der Waals surface area contributed by atoms with E-state index >= 15 is 0 Å². The molecule has 4 atom stereocenters. The van der Waals surface area contributed by atoms with Gasteiger partial charge in [-0.05, 0) is 128 Å². The van der Waals surface area contributed by atoms with Gasteiger partial charge in [-0.25, -0.2) is 15.0 Å². The number of allylic oxidation sites excluding steroid dienone is 7. The van der Waals surface area contributed by atoms with Crippen molar-refractivity contribution in [3.63, 3.8) is 0 Å². The molecule has 0 saturated carbocycles. The number of carboxylic acid groups (broad SMARTS) is 2. The van der Waals surface area contributed by atoms with E-state index in [0.717, 1.165) is 88.1 Å². The Morgan fingerprint density at radius 2 is 1.09 bits per heavy atom. The van der Waals surface area contributed by atoms with Crippen LogP contribution in [-0.2, 0) is 16.0 Å². The molecule has 3 unspecified atom stereocenters. The van der Waals surface area contributed by atoms with Crippen LogP contribution in [0, 0.1) is 23.7 Å². The third kappa shape index (κ3) is 13.1. The van der Waals surface area contributed by atoms with Crippen molar-refractivity contribution in [2.24, 2.45) is 38.6 Å². The van der Waals surface area contributed by atoms with Crippen molar-refractivity contribution in [2.45, 2.75) is 178 Å². The molecule has 1 aromatic heterocycles. The van der Waals surface area contributed by atoms with E-state index in [1.165, 1.54) is 57.8 Å². The summed E-state index contributed by atoms with van der Waals surface area (Å²) in [7, 11) is 0. The normalized spacial score (nSPS) is 18.5. The lowest BCUT2D eigenvalue weighted by Crippen LogP contribution is -2.27. The highest BCUT2D eigenvalue weighted by Crippen LogP contribution is 2.37. The number of aromatic nitrogens is 1. The predicted octanol–water partition coefficient (Wildman–Crippen LogP) is 11.4. The molecule has 0 aromatic carbocycles. The van der Waals surface area contributed by atoms with Gasteiger partial charge in [-0.2, -0.15) is 0 Å². The molecule has 348 valence electrons. The summed E-state index contributed by atoms with van der Waals surface area (Å²) >= 11 is 0. The monoisotopic (exact) mass is 877 g/mol. The molecule has 10 nitrogen and oxygen atoms in total. The number of rotatable bonds is 24. The van der Waals surface area contributed by atoms with E-state index in [-0.39, 0.29) is 25.7 Å². The Balaban J connectivity index is 1.40. The lowest BCUT2D eigenvalue weighted by Gasteiger charge is -2.18. The molecule has 0 aliphatic carbocycles. The minimum atomic E-state index is -0.973. The van der Waals surface area contributed by atoms with E-state index in [1.807, 2.05) is 38.2 Å². The van der Waals surface area contributed by atoms with E-state index < -0.39 is 18.0 Å². The van der Waals surface area contributed by atoms with Crippen molar-refractivity contribution in [3.8, 4) is 0 Å². The van der Waals surface area contributed by atoms with E-state index in [4.69, 9.17) is 15.0 Å². The standard InChI is InChI=1S/C54H76N4O6/c1-10-39-36(7)44-29-50-54(51(60)22-14-21-35(6)20-13-19-34(5)18-12-17-33(4)16-11-15-32(2)3)38(9)45(57-50)28-49-42(31-59)41(24-26-53(63)64)48(58-49)30-47-40(23-25-52(61)62)37(8)43(56-47)27-46(39)55-44/h27-35,51,58-60H,10-26H2,1-9H3,(H,61,62)(H,63,64)/t33?,34?,35?,51-/m0/s1. The predicted molar refractivity (Wildman–Crippen MR) is 263 cm³/mol. The largest absolute Gasteiger partial charge is 0.515 e. The van der Waals surface area contributed by atoms with Crippen LogP contribution in [0.25, 0.3) is 18.4 Å². The van der Waals surface area contributed by atoms with Crippen molar-refractivity contribution in [2.75, 3.05) is 0 Å². The van der Waals surface area contributed by atoms with Crippen LogP contribution in [0.4, 0.5) is 0 Å². The lowest BCUT2D eigenvalue weighted by atomic mass is 9.89. The molecule has 4 aliphatic rings. The summed E-state index contributed by atoms with van der Waals surface area (Å²) < 4.78 is 0. The number of carbonyl (C=O) groups is 2. The first-order chi connectivity index (χ1) is 30.5. The lowest BCUT2D eigenvalue weighted by molar-refractivity contribution is -0.138. The Bertz CT molecular complexity index is 2320. The maximum absolute atomic E-state index is 12.0. The Kier molecular flexibility index (Phi) is 18.3. The molecule has 0 spiro atoms. The Labute approximate surface area is 382 Å². The number of hydrogen-bond donors (Lipinski definition) is 5. The summed E-state index contributed by atoms with van der Waals surface area (Å²) in [6, 6.07) is 0. The number of aliphatic carboxylic acids is 2. The highest BCUT2D eigenvalue weighted by molar-refractivity contribution is 6.24. The molecule has 1 aromatic rings. The molecule has 0 saturated heterocycles. The average Bonchev–Trinajstić information content (AvgIpc) is 3.91. The number of aliphatic hydroxyl groups excluding tert-OH is 2. The smallest absolute Gasteiger partial charge is 0.303 e. The van der Waals surface area contributed by atoms with Gasteiger partial charge in [-0.15, -0.1) is 0 Å². The SMILES string of the molecule is CCC1=C(C)C2=NC1=CC1=NC(=Cc3[nH]c(c(=CO)c3CCC(=O)O)=CC3=NC(=C2)C([C@@H](O)CCCC(C)CCCC(C)CCCC(C)CCCC(C)C)=C3C)C(CCC(=O)O)=C1C. The highest BCUT2D eigenvalue weighted by atomic mass is 16.4. The second-order valence-corrected chi connectivity index (χ2v) is 19.5. The number of aromatic amines is 1. The van der Waals surface area contributed by atoms with Crippen LogP contribution in [0.3, 0.4) is 0 Å². The summed E-state index contributed by atoms with van der Waals surface area (Å²) in [6.07, 6.45) is 23.0. The zero-order valence-corrected chi connectivity index (χ0v) is 40.2. The number of nitrogens with zero attached hydrogens (tertiary/aromatic N) is 3. The molecule has 64 heavy (non-hydrogen) atoms. The molecule has 0 amide bonds. The summed E-state index contributed by atoms with van der Waals surface area (Å²) in [6.45, 7) is 19.9. The van der Waals surface area contributed by atoms with Crippen LogP contribution in [0.2, 0.25) is 0 Å². The van der Waals surface area contributed by atoms with Crippen LogP contribution in [-0.4, -0.2) is 60.6 Å². The zero-order chi connectivity index (χ0) is 46.7. The maximum Gasteiger partial charge on any atom is 0.303 e. The minimum absolute atomic E-state index is 0.0830. The van der Waals surface area contributed by atoms with E-state index in [2.05, 4.69) is 53.5 Å². The molecule has 5 rings (SSSR count). The number of hydrogen-bond acceptors (Lipinski definition) is 7. The first-order valence-electron chi connectivity index (χ1n) is 24.2.